The maximum absolute atomic E-state index is 11.3. The monoisotopic (exact) mass is 220 g/mol. The Balaban J connectivity index is 2.13. The van der Waals surface area contributed by atoms with Crippen molar-refractivity contribution in [2.24, 2.45) is 0 Å². The molecule has 84 valence electrons. The molecule has 1 aliphatic heterocycles. The highest BCUT2D eigenvalue weighted by Gasteiger charge is 2.14. The summed E-state index contributed by atoms with van der Waals surface area (Å²) in [4.78, 5) is 0. The molecule has 5 heteroatoms. The van der Waals surface area contributed by atoms with Gasteiger partial charge in [-0.3, -0.25) is 0 Å². The van der Waals surface area contributed by atoms with Crippen LogP contribution in [0.25, 0.3) is 0 Å². The highest BCUT2D eigenvalue weighted by molar-refractivity contribution is 7.89. The number of hydrogen-bond acceptors (Lipinski definition) is 3. The molecule has 1 rings (SSSR count). The van der Waals surface area contributed by atoms with Crippen LogP contribution in [-0.2, 0) is 10.0 Å². The summed E-state index contributed by atoms with van der Waals surface area (Å²) in [6, 6.07) is 0.513. The molecule has 1 fully saturated rings. The second kappa shape index (κ2) is 5.68. The zero-order valence-corrected chi connectivity index (χ0v) is 9.57. The predicted octanol–water partition coefficient (Wildman–Crippen LogP) is 0.458. The van der Waals surface area contributed by atoms with E-state index in [-0.39, 0.29) is 5.75 Å². The van der Waals surface area contributed by atoms with Gasteiger partial charge in [-0.05, 0) is 32.2 Å². The van der Waals surface area contributed by atoms with Crippen LogP contribution in [0.1, 0.15) is 32.6 Å². The second-order valence-corrected chi connectivity index (χ2v) is 5.72. The van der Waals surface area contributed by atoms with Crippen molar-refractivity contribution in [1.29, 1.82) is 0 Å². The van der Waals surface area contributed by atoms with Gasteiger partial charge in [-0.15, -0.1) is 0 Å². The molecule has 1 heterocycles. The van der Waals surface area contributed by atoms with E-state index in [1.165, 1.54) is 12.8 Å². The van der Waals surface area contributed by atoms with Crippen LogP contribution < -0.4 is 10.0 Å². The molecule has 0 aromatic rings. The largest absolute Gasteiger partial charge is 0.314 e. The summed E-state index contributed by atoms with van der Waals surface area (Å²) in [5.41, 5.74) is 0. The molecule has 0 unspecified atom stereocenters. The Morgan fingerprint density at radius 3 is 2.86 bits per heavy atom. The van der Waals surface area contributed by atoms with Gasteiger partial charge in [0.05, 0.1) is 5.75 Å². The molecule has 1 atom stereocenters. The molecule has 0 bridgehead atoms. The number of nitrogens with one attached hydrogen (secondary N) is 2. The smallest absolute Gasteiger partial charge is 0.211 e. The molecular formula is C9H20N2O2S. The van der Waals surface area contributed by atoms with Crippen LogP contribution in [0.15, 0.2) is 0 Å². The molecule has 14 heavy (non-hydrogen) atoms. The first-order chi connectivity index (χ1) is 6.64. The summed E-state index contributed by atoms with van der Waals surface area (Å²) in [6.45, 7) is 3.52. The Morgan fingerprint density at radius 2 is 2.29 bits per heavy atom. The minimum Gasteiger partial charge on any atom is -0.314 e. The Labute approximate surface area is 86.5 Å². The third kappa shape index (κ3) is 4.39. The minimum absolute atomic E-state index is 0.241. The molecular weight excluding hydrogens is 200 g/mol. The van der Waals surface area contributed by atoms with Crippen LogP contribution in [0, 0.1) is 0 Å². The van der Waals surface area contributed by atoms with Crippen molar-refractivity contribution in [3.05, 3.63) is 0 Å². The second-order valence-electron chi connectivity index (χ2n) is 3.80. The van der Waals surface area contributed by atoms with Gasteiger partial charge >= 0.3 is 0 Å². The van der Waals surface area contributed by atoms with Gasteiger partial charge in [0.1, 0.15) is 0 Å². The maximum atomic E-state index is 11.3. The molecule has 0 radical (unpaired) electrons. The number of hydrogen-bond donors (Lipinski definition) is 2. The quantitative estimate of drug-likeness (QED) is 0.683. The first-order valence-corrected chi connectivity index (χ1v) is 7.00. The third-order valence-corrected chi connectivity index (χ3v) is 4.04. The Kier molecular flexibility index (Phi) is 4.84. The summed E-state index contributed by atoms with van der Waals surface area (Å²) >= 11 is 0. The highest BCUT2D eigenvalue weighted by atomic mass is 32.2. The average Bonchev–Trinajstić information content (AvgIpc) is 2.56. The molecule has 1 aliphatic rings. The third-order valence-electron chi connectivity index (χ3n) is 2.45. The van der Waals surface area contributed by atoms with Gasteiger partial charge in [-0.1, -0.05) is 6.92 Å². The van der Waals surface area contributed by atoms with Crippen LogP contribution in [0.3, 0.4) is 0 Å². The van der Waals surface area contributed by atoms with E-state index in [2.05, 4.69) is 10.0 Å². The molecule has 0 saturated carbocycles. The van der Waals surface area contributed by atoms with Crippen molar-refractivity contribution in [1.82, 2.24) is 10.0 Å². The van der Waals surface area contributed by atoms with E-state index in [1.807, 2.05) is 6.92 Å². The molecule has 0 aromatic heterocycles. The topological polar surface area (TPSA) is 58.2 Å². The normalized spacial score (nSPS) is 22.8. The van der Waals surface area contributed by atoms with Crippen molar-refractivity contribution in [2.45, 2.75) is 38.6 Å². The number of sulfonamides is 1. The van der Waals surface area contributed by atoms with Gasteiger partial charge in [0.2, 0.25) is 10.0 Å². The molecule has 4 nitrogen and oxygen atoms in total. The average molecular weight is 220 g/mol. The van der Waals surface area contributed by atoms with Crippen molar-refractivity contribution >= 4 is 10.0 Å². The van der Waals surface area contributed by atoms with E-state index in [9.17, 15) is 8.42 Å². The Hall–Kier alpha value is -0.130. The standard InChI is InChI=1S/C9H20N2O2S/c1-2-8-14(12,13)11-7-5-9-4-3-6-10-9/h9-11H,2-8H2,1H3/t9-/m0/s1. The van der Waals surface area contributed by atoms with Crippen molar-refractivity contribution in [3.8, 4) is 0 Å². The zero-order valence-electron chi connectivity index (χ0n) is 8.75. The summed E-state index contributed by atoms with van der Waals surface area (Å²) in [7, 11) is -3.00. The van der Waals surface area contributed by atoms with E-state index in [4.69, 9.17) is 0 Å². The molecule has 0 spiro atoms. The maximum Gasteiger partial charge on any atom is 0.211 e. The van der Waals surface area contributed by atoms with E-state index in [0.717, 1.165) is 13.0 Å². The molecule has 0 aromatic carbocycles. The fraction of sp³-hybridized carbons (Fsp3) is 1.00. The SMILES string of the molecule is CCCS(=O)(=O)NCC[C@@H]1CCCN1. The van der Waals surface area contributed by atoms with Gasteiger partial charge in [0, 0.05) is 12.6 Å². The lowest BCUT2D eigenvalue weighted by Crippen LogP contribution is -2.31. The van der Waals surface area contributed by atoms with Crippen LogP contribution in [-0.4, -0.2) is 33.3 Å². The van der Waals surface area contributed by atoms with Crippen molar-refractivity contribution < 1.29 is 8.42 Å². The van der Waals surface area contributed by atoms with Crippen LogP contribution in [0.2, 0.25) is 0 Å². The fourth-order valence-electron chi connectivity index (χ4n) is 1.73. The van der Waals surface area contributed by atoms with E-state index in [0.29, 0.717) is 19.0 Å². The van der Waals surface area contributed by atoms with Gasteiger partial charge in [0.15, 0.2) is 0 Å². The molecule has 1 saturated heterocycles. The lowest BCUT2D eigenvalue weighted by molar-refractivity contribution is 0.539. The van der Waals surface area contributed by atoms with Gasteiger partial charge < -0.3 is 5.32 Å². The van der Waals surface area contributed by atoms with Crippen LogP contribution in [0.5, 0.6) is 0 Å². The van der Waals surface area contributed by atoms with Crippen LogP contribution >= 0.6 is 0 Å². The number of rotatable bonds is 6. The Bertz CT molecular complexity index is 246. The fourth-order valence-corrected chi connectivity index (χ4v) is 2.84. The zero-order chi connectivity index (χ0) is 10.4. The minimum atomic E-state index is -3.00. The van der Waals surface area contributed by atoms with E-state index in [1.54, 1.807) is 0 Å². The first kappa shape index (κ1) is 11.9. The molecule has 0 aliphatic carbocycles. The summed E-state index contributed by atoms with van der Waals surface area (Å²) in [6.07, 6.45) is 3.97. The van der Waals surface area contributed by atoms with Gasteiger partial charge in [0.25, 0.3) is 0 Å². The summed E-state index contributed by atoms with van der Waals surface area (Å²) in [5, 5.41) is 3.34. The van der Waals surface area contributed by atoms with Crippen molar-refractivity contribution in [2.75, 3.05) is 18.8 Å². The Morgan fingerprint density at radius 1 is 1.50 bits per heavy atom. The van der Waals surface area contributed by atoms with E-state index < -0.39 is 10.0 Å². The van der Waals surface area contributed by atoms with Gasteiger partial charge in [-0.2, -0.15) is 0 Å². The highest BCUT2D eigenvalue weighted by Crippen LogP contribution is 2.07. The van der Waals surface area contributed by atoms with E-state index >= 15 is 0 Å². The van der Waals surface area contributed by atoms with Gasteiger partial charge in [-0.25, -0.2) is 13.1 Å². The lowest BCUT2D eigenvalue weighted by atomic mass is 10.2. The van der Waals surface area contributed by atoms with Crippen molar-refractivity contribution in [3.63, 3.8) is 0 Å². The predicted molar refractivity (Wildman–Crippen MR) is 57.7 cm³/mol. The molecule has 2 N–H and O–H groups in total. The first-order valence-electron chi connectivity index (χ1n) is 5.35. The molecule has 0 amide bonds. The van der Waals surface area contributed by atoms with Crippen LogP contribution in [0.4, 0.5) is 0 Å². The summed E-state index contributed by atoms with van der Waals surface area (Å²) in [5.74, 6) is 0.241. The summed E-state index contributed by atoms with van der Waals surface area (Å²) < 4.78 is 25.2. The lowest BCUT2D eigenvalue weighted by Gasteiger charge is -2.10.